The molecule has 2 heterocycles. The first-order chi connectivity index (χ1) is 15.0. The van der Waals surface area contributed by atoms with E-state index in [2.05, 4.69) is 34.2 Å². The molecule has 31 heavy (non-hydrogen) atoms. The summed E-state index contributed by atoms with van der Waals surface area (Å²) in [6.07, 6.45) is 0.787. The summed E-state index contributed by atoms with van der Waals surface area (Å²) in [5, 5.41) is 14.3. The number of methoxy groups -OCH3 is 1. The second-order valence-electron chi connectivity index (χ2n) is 7.34. The van der Waals surface area contributed by atoms with Crippen molar-refractivity contribution in [3.63, 3.8) is 0 Å². The first-order valence-electron chi connectivity index (χ1n) is 9.83. The fourth-order valence-electron chi connectivity index (χ4n) is 3.06. The average Bonchev–Trinajstić information content (AvgIpc) is 3.39. The highest BCUT2D eigenvalue weighted by Gasteiger charge is 2.18. The van der Waals surface area contributed by atoms with Gasteiger partial charge in [0, 0.05) is 22.7 Å². The van der Waals surface area contributed by atoms with Crippen LogP contribution in [-0.2, 0) is 12.2 Å². The van der Waals surface area contributed by atoms with Crippen molar-refractivity contribution < 1.29 is 9.26 Å². The number of nitrogens with zero attached hydrogens (tertiary/aromatic N) is 5. The maximum atomic E-state index is 6.10. The van der Waals surface area contributed by atoms with Gasteiger partial charge in [0.2, 0.25) is 5.89 Å². The average molecular weight is 456 g/mol. The molecular formula is C22H22ClN5O2S. The van der Waals surface area contributed by atoms with Gasteiger partial charge in [-0.05, 0) is 42.3 Å². The highest BCUT2D eigenvalue weighted by Crippen LogP contribution is 2.31. The van der Waals surface area contributed by atoms with Gasteiger partial charge >= 0.3 is 0 Å². The third-order valence-corrected chi connectivity index (χ3v) is 5.64. The molecule has 4 rings (SSSR count). The standard InChI is InChI=1S/C22H22ClN5O2S/c1-14(2)11-19-24-20(30-27-19)13-31-22-26-25-21(15-5-4-6-18(12-15)29-3)28(22)17-9-7-16(23)8-10-17/h4-10,12,14H,11,13H2,1-3H3. The van der Waals surface area contributed by atoms with Crippen molar-refractivity contribution in [3.05, 3.63) is 65.3 Å². The molecule has 0 amide bonds. The van der Waals surface area contributed by atoms with Crippen LogP contribution in [0.25, 0.3) is 17.1 Å². The minimum atomic E-state index is 0.469. The summed E-state index contributed by atoms with van der Waals surface area (Å²) < 4.78 is 12.8. The van der Waals surface area contributed by atoms with E-state index in [4.69, 9.17) is 20.9 Å². The van der Waals surface area contributed by atoms with E-state index in [1.807, 2.05) is 53.1 Å². The molecule has 0 radical (unpaired) electrons. The van der Waals surface area contributed by atoms with Crippen LogP contribution < -0.4 is 4.74 Å². The molecule has 0 saturated heterocycles. The van der Waals surface area contributed by atoms with Crippen molar-refractivity contribution in [2.45, 2.75) is 31.2 Å². The summed E-state index contributed by atoms with van der Waals surface area (Å²) in [6, 6.07) is 15.3. The number of halogens is 1. The predicted molar refractivity (Wildman–Crippen MR) is 121 cm³/mol. The Kier molecular flexibility index (Phi) is 6.58. The van der Waals surface area contributed by atoms with Crippen LogP contribution in [0.4, 0.5) is 0 Å². The van der Waals surface area contributed by atoms with Crippen molar-refractivity contribution >= 4 is 23.4 Å². The van der Waals surface area contributed by atoms with Crippen molar-refractivity contribution in [2.24, 2.45) is 5.92 Å². The van der Waals surface area contributed by atoms with Crippen LogP contribution in [0.5, 0.6) is 5.75 Å². The fraction of sp³-hybridized carbons (Fsp3) is 0.273. The smallest absolute Gasteiger partial charge is 0.237 e. The monoisotopic (exact) mass is 455 g/mol. The lowest BCUT2D eigenvalue weighted by atomic mass is 10.1. The normalized spacial score (nSPS) is 11.3. The number of aromatic nitrogens is 5. The minimum absolute atomic E-state index is 0.469. The third-order valence-electron chi connectivity index (χ3n) is 4.47. The first kappa shape index (κ1) is 21.4. The Bertz CT molecular complexity index is 1160. The molecule has 0 aliphatic rings. The Labute approximate surface area is 189 Å². The van der Waals surface area contributed by atoms with Crippen molar-refractivity contribution in [3.8, 4) is 22.8 Å². The number of benzene rings is 2. The highest BCUT2D eigenvalue weighted by atomic mass is 35.5. The molecule has 0 aliphatic heterocycles. The quantitative estimate of drug-likeness (QED) is 0.326. The summed E-state index contributed by atoms with van der Waals surface area (Å²) in [7, 11) is 1.64. The van der Waals surface area contributed by atoms with Gasteiger partial charge in [0.25, 0.3) is 0 Å². The lowest BCUT2D eigenvalue weighted by molar-refractivity contribution is 0.382. The highest BCUT2D eigenvalue weighted by molar-refractivity contribution is 7.98. The summed E-state index contributed by atoms with van der Waals surface area (Å²) in [5.74, 6) is 3.71. The zero-order chi connectivity index (χ0) is 21.8. The topological polar surface area (TPSA) is 78.9 Å². The van der Waals surface area contributed by atoms with Crippen LogP contribution in [0.3, 0.4) is 0 Å². The molecule has 0 fully saturated rings. The van der Waals surface area contributed by atoms with Gasteiger partial charge in [-0.3, -0.25) is 4.57 Å². The lowest BCUT2D eigenvalue weighted by Crippen LogP contribution is -2.00. The number of hydrogen-bond acceptors (Lipinski definition) is 7. The number of rotatable bonds is 8. The molecule has 0 unspecified atom stereocenters. The molecule has 9 heteroatoms. The van der Waals surface area contributed by atoms with Crippen LogP contribution in [-0.4, -0.2) is 32.0 Å². The molecule has 4 aromatic rings. The Morgan fingerprint density at radius 2 is 1.94 bits per heavy atom. The van der Waals surface area contributed by atoms with Crippen molar-refractivity contribution in [1.82, 2.24) is 24.9 Å². The van der Waals surface area contributed by atoms with E-state index in [1.165, 1.54) is 11.8 Å². The molecule has 2 aromatic carbocycles. The molecule has 2 aromatic heterocycles. The Hall–Kier alpha value is -2.84. The minimum Gasteiger partial charge on any atom is -0.497 e. The van der Waals surface area contributed by atoms with Gasteiger partial charge in [-0.2, -0.15) is 4.98 Å². The molecule has 0 bridgehead atoms. The Morgan fingerprint density at radius 3 is 2.68 bits per heavy atom. The summed E-state index contributed by atoms with van der Waals surface area (Å²) in [6.45, 7) is 4.25. The molecule has 0 aliphatic carbocycles. The van der Waals surface area contributed by atoms with Gasteiger partial charge in [-0.25, -0.2) is 0 Å². The number of ether oxygens (including phenoxy) is 1. The summed E-state index contributed by atoms with van der Waals surface area (Å²) in [5.41, 5.74) is 1.80. The van der Waals surface area contributed by atoms with E-state index in [0.717, 1.165) is 29.2 Å². The Morgan fingerprint density at radius 1 is 1.13 bits per heavy atom. The van der Waals surface area contributed by atoms with E-state index < -0.39 is 0 Å². The van der Waals surface area contributed by atoms with E-state index in [-0.39, 0.29) is 0 Å². The van der Waals surface area contributed by atoms with Crippen LogP contribution >= 0.6 is 23.4 Å². The van der Waals surface area contributed by atoms with E-state index in [9.17, 15) is 0 Å². The number of thioether (sulfide) groups is 1. The van der Waals surface area contributed by atoms with E-state index in [0.29, 0.717) is 33.6 Å². The molecule has 0 N–H and O–H groups in total. The van der Waals surface area contributed by atoms with Gasteiger partial charge < -0.3 is 9.26 Å². The number of hydrogen-bond donors (Lipinski definition) is 0. The zero-order valence-electron chi connectivity index (χ0n) is 17.4. The van der Waals surface area contributed by atoms with Crippen molar-refractivity contribution in [2.75, 3.05) is 7.11 Å². The maximum Gasteiger partial charge on any atom is 0.237 e. The third kappa shape index (κ3) is 5.08. The zero-order valence-corrected chi connectivity index (χ0v) is 19.0. The van der Waals surface area contributed by atoms with Crippen molar-refractivity contribution in [1.29, 1.82) is 0 Å². The van der Waals surface area contributed by atoms with Crippen LogP contribution in [0.15, 0.2) is 58.2 Å². The largest absolute Gasteiger partial charge is 0.497 e. The molecular weight excluding hydrogens is 434 g/mol. The van der Waals surface area contributed by atoms with Crippen LogP contribution in [0.1, 0.15) is 25.6 Å². The molecule has 0 spiro atoms. The predicted octanol–water partition coefficient (Wildman–Crippen LogP) is 5.47. The molecule has 7 nitrogen and oxygen atoms in total. The van der Waals surface area contributed by atoms with E-state index >= 15 is 0 Å². The van der Waals surface area contributed by atoms with Gasteiger partial charge in [-0.1, -0.05) is 54.5 Å². The summed E-state index contributed by atoms with van der Waals surface area (Å²) in [4.78, 5) is 4.48. The van der Waals surface area contributed by atoms with Gasteiger partial charge in [0.15, 0.2) is 16.8 Å². The van der Waals surface area contributed by atoms with Gasteiger partial charge in [0.1, 0.15) is 5.75 Å². The second kappa shape index (κ2) is 9.53. The fourth-order valence-corrected chi connectivity index (χ4v) is 3.97. The summed E-state index contributed by atoms with van der Waals surface area (Å²) >= 11 is 7.58. The molecule has 160 valence electrons. The van der Waals surface area contributed by atoms with E-state index in [1.54, 1.807) is 7.11 Å². The second-order valence-corrected chi connectivity index (χ2v) is 8.72. The SMILES string of the molecule is COc1cccc(-c2nnc(SCc3nc(CC(C)C)no3)n2-c2ccc(Cl)cc2)c1. The lowest BCUT2D eigenvalue weighted by Gasteiger charge is -2.11. The molecule has 0 atom stereocenters. The Balaban J connectivity index is 1.66. The molecule has 0 saturated carbocycles. The van der Waals surface area contributed by atoms with Gasteiger partial charge in [-0.15, -0.1) is 10.2 Å². The first-order valence-corrected chi connectivity index (χ1v) is 11.2. The van der Waals surface area contributed by atoms with Gasteiger partial charge in [0.05, 0.1) is 12.9 Å². The van der Waals surface area contributed by atoms with Crippen LogP contribution in [0.2, 0.25) is 5.02 Å². The maximum absolute atomic E-state index is 6.10. The van der Waals surface area contributed by atoms with Crippen LogP contribution in [0, 0.1) is 5.92 Å².